The standard InChI is InChI=1S/C24H28N4O4/c1-17(29)21-14-22(30)23(31)16-28(21)20-4-2-3-18(13-20)19-5-6-24(26-15-19)25-7-8-27-9-11-32-12-10-27/h2-6,13-17,29,31H,7-12H2,1H3,(H,25,26). The molecule has 8 nitrogen and oxygen atoms in total. The molecule has 1 unspecified atom stereocenters. The van der Waals surface area contributed by atoms with Crippen molar-refractivity contribution in [2.24, 2.45) is 0 Å². The Morgan fingerprint density at radius 3 is 2.69 bits per heavy atom. The van der Waals surface area contributed by atoms with Gasteiger partial charge in [-0.25, -0.2) is 4.98 Å². The highest BCUT2D eigenvalue weighted by molar-refractivity contribution is 5.66. The van der Waals surface area contributed by atoms with Crippen LogP contribution in [0.5, 0.6) is 5.75 Å². The van der Waals surface area contributed by atoms with E-state index >= 15 is 0 Å². The number of aromatic nitrogens is 2. The molecule has 3 aromatic rings. The number of aromatic hydroxyl groups is 1. The third kappa shape index (κ3) is 5.16. The zero-order valence-electron chi connectivity index (χ0n) is 18.1. The maximum Gasteiger partial charge on any atom is 0.223 e. The summed E-state index contributed by atoms with van der Waals surface area (Å²) in [6, 6.07) is 12.9. The van der Waals surface area contributed by atoms with Gasteiger partial charge in [-0.1, -0.05) is 12.1 Å². The average Bonchev–Trinajstić information content (AvgIpc) is 2.81. The number of benzene rings is 1. The van der Waals surface area contributed by atoms with Gasteiger partial charge in [0.05, 0.1) is 31.2 Å². The van der Waals surface area contributed by atoms with Crippen molar-refractivity contribution in [1.82, 2.24) is 14.5 Å². The van der Waals surface area contributed by atoms with Crippen molar-refractivity contribution >= 4 is 5.82 Å². The van der Waals surface area contributed by atoms with Crippen molar-refractivity contribution in [2.45, 2.75) is 13.0 Å². The van der Waals surface area contributed by atoms with Gasteiger partial charge in [0.25, 0.3) is 0 Å². The van der Waals surface area contributed by atoms with Crippen molar-refractivity contribution in [1.29, 1.82) is 0 Å². The molecule has 3 N–H and O–H groups in total. The summed E-state index contributed by atoms with van der Waals surface area (Å²) in [4.78, 5) is 18.7. The fourth-order valence-corrected chi connectivity index (χ4v) is 3.76. The second-order valence-corrected chi connectivity index (χ2v) is 7.86. The van der Waals surface area contributed by atoms with E-state index in [0.29, 0.717) is 5.69 Å². The van der Waals surface area contributed by atoms with Gasteiger partial charge in [-0.05, 0) is 36.8 Å². The molecule has 0 saturated carbocycles. The Hall–Kier alpha value is -3.20. The largest absolute Gasteiger partial charge is 0.503 e. The highest BCUT2D eigenvalue weighted by Gasteiger charge is 2.13. The van der Waals surface area contributed by atoms with Crippen LogP contribution in [0.3, 0.4) is 0 Å². The van der Waals surface area contributed by atoms with Gasteiger partial charge in [0, 0.05) is 49.7 Å². The van der Waals surface area contributed by atoms with Crippen LogP contribution in [0.25, 0.3) is 16.8 Å². The minimum absolute atomic E-state index is 0.367. The first kappa shape index (κ1) is 22.0. The molecule has 168 valence electrons. The van der Waals surface area contributed by atoms with Crippen LogP contribution in [-0.4, -0.2) is 64.1 Å². The third-order valence-corrected chi connectivity index (χ3v) is 5.55. The number of anilines is 1. The minimum Gasteiger partial charge on any atom is -0.503 e. The molecule has 0 spiro atoms. The van der Waals surface area contributed by atoms with E-state index in [1.165, 1.54) is 12.3 Å². The predicted molar refractivity (Wildman–Crippen MR) is 123 cm³/mol. The fraction of sp³-hybridized carbons (Fsp3) is 0.333. The number of rotatable bonds is 7. The smallest absolute Gasteiger partial charge is 0.223 e. The number of aliphatic hydroxyl groups is 1. The van der Waals surface area contributed by atoms with Crippen LogP contribution in [-0.2, 0) is 4.74 Å². The summed E-state index contributed by atoms with van der Waals surface area (Å²) in [6.07, 6.45) is 2.29. The van der Waals surface area contributed by atoms with E-state index in [-0.39, 0.29) is 5.75 Å². The van der Waals surface area contributed by atoms with Gasteiger partial charge >= 0.3 is 0 Å². The summed E-state index contributed by atoms with van der Waals surface area (Å²) >= 11 is 0. The lowest BCUT2D eigenvalue weighted by Crippen LogP contribution is -2.39. The number of pyridine rings is 2. The molecule has 0 amide bonds. The molecule has 32 heavy (non-hydrogen) atoms. The summed E-state index contributed by atoms with van der Waals surface area (Å²) in [7, 11) is 0. The molecule has 3 heterocycles. The summed E-state index contributed by atoms with van der Waals surface area (Å²) < 4.78 is 7.00. The molecule has 1 aliphatic heterocycles. The second kappa shape index (κ2) is 9.95. The number of morpholine rings is 1. The molecular weight excluding hydrogens is 408 g/mol. The molecule has 2 aromatic heterocycles. The van der Waals surface area contributed by atoms with Gasteiger partial charge in [0.1, 0.15) is 5.82 Å². The van der Waals surface area contributed by atoms with Gasteiger partial charge in [-0.3, -0.25) is 9.69 Å². The molecule has 0 radical (unpaired) electrons. The van der Waals surface area contributed by atoms with Crippen LogP contribution in [0.15, 0.2) is 59.7 Å². The Balaban J connectivity index is 1.49. The quantitative estimate of drug-likeness (QED) is 0.523. The average molecular weight is 437 g/mol. The van der Waals surface area contributed by atoms with E-state index < -0.39 is 11.5 Å². The molecule has 1 aliphatic rings. The van der Waals surface area contributed by atoms with Gasteiger partial charge in [0.2, 0.25) is 5.43 Å². The molecular formula is C24H28N4O4. The van der Waals surface area contributed by atoms with Crippen LogP contribution in [0.1, 0.15) is 18.7 Å². The summed E-state index contributed by atoms with van der Waals surface area (Å²) in [5.41, 5.74) is 2.48. The van der Waals surface area contributed by atoms with E-state index in [4.69, 9.17) is 4.74 Å². The monoisotopic (exact) mass is 436 g/mol. The second-order valence-electron chi connectivity index (χ2n) is 7.86. The number of hydrogen-bond donors (Lipinski definition) is 3. The third-order valence-electron chi connectivity index (χ3n) is 5.55. The predicted octanol–water partition coefficient (Wildman–Crippen LogP) is 2.40. The SMILES string of the molecule is CC(O)c1cc(=O)c(O)cn1-c1cccc(-c2ccc(NCCN3CCOCC3)nc2)c1. The number of hydrogen-bond acceptors (Lipinski definition) is 7. The van der Waals surface area contributed by atoms with Gasteiger partial charge in [-0.15, -0.1) is 0 Å². The van der Waals surface area contributed by atoms with Gasteiger partial charge in [-0.2, -0.15) is 0 Å². The molecule has 1 fully saturated rings. The summed E-state index contributed by atoms with van der Waals surface area (Å²) in [5, 5.41) is 23.3. The van der Waals surface area contributed by atoms with Crippen LogP contribution < -0.4 is 10.7 Å². The van der Waals surface area contributed by atoms with E-state index in [9.17, 15) is 15.0 Å². The van der Waals surface area contributed by atoms with Crippen LogP contribution in [0.2, 0.25) is 0 Å². The van der Waals surface area contributed by atoms with Crippen molar-refractivity contribution in [3.8, 4) is 22.6 Å². The van der Waals surface area contributed by atoms with Gasteiger partial charge < -0.3 is 24.8 Å². The lowest BCUT2D eigenvalue weighted by molar-refractivity contribution is 0.0398. The number of nitrogens with one attached hydrogen (secondary N) is 1. The highest BCUT2D eigenvalue weighted by atomic mass is 16.5. The molecule has 1 saturated heterocycles. The zero-order valence-corrected chi connectivity index (χ0v) is 18.1. The number of aliphatic hydroxyl groups excluding tert-OH is 1. The number of nitrogens with zero attached hydrogens (tertiary/aromatic N) is 3. The first-order valence-corrected chi connectivity index (χ1v) is 10.8. The van der Waals surface area contributed by atoms with Crippen molar-refractivity contribution in [3.05, 3.63) is 70.8 Å². The highest BCUT2D eigenvalue weighted by Crippen LogP contribution is 2.25. The van der Waals surface area contributed by atoms with Crippen LogP contribution >= 0.6 is 0 Å². The molecule has 1 aromatic carbocycles. The first-order chi connectivity index (χ1) is 15.5. The topological polar surface area (TPSA) is 99.8 Å². The lowest BCUT2D eigenvalue weighted by Gasteiger charge is -2.26. The van der Waals surface area contributed by atoms with E-state index in [1.54, 1.807) is 11.5 Å². The number of ether oxygens (including phenoxy) is 1. The molecule has 0 aliphatic carbocycles. The molecule has 4 rings (SSSR count). The molecule has 0 bridgehead atoms. The van der Waals surface area contributed by atoms with E-state index in [2.05, 4.69) is 15.2 Å². The summed E-state index contributed by atoms with van der Waals surface area (Å²) in [5.74, 6) is 0.453. The Labute approximate surface area is 186 Å². The Kier molecular flexibility index (Phi) is 6.84. The maximum absolute atomic E-state index is 11.8. The lowest BCUT2D eigenvalue weighted by atomic mass is 10.1. The summed E-state index contributed by atoms with van der Waals surface area (Å²) in [6.45, 7) is 6.88. The zero-order chi connectivity index (χ0) is 22.5. The normalized spacial score (nSPS) is 15.4. The van der Waals surface area contributed by atoms with E-state index in [1.807, 2.05) is 42.6 Å². The maximum atomic E-state index is 11.8. The Bertz CT molecular complexity index is 1110. The molecule has 8 heteroatoms. The van der Waals surface area contributed by atoms with Crippen molar-refractivity contribution < 1.29 is 14.9 Å². The fourth-order valence-electron chi connectivity index (χ4n) is 3.76. The van der Waals surface area contributed by atoms with Crippen molar-refractivity contribution in [2.75, 3.05) is 44.7 Å². The van der Waals surface area contributed by atoms with Crippen LogP contribution in [0, 0.1) is 0 Å². The molecule has 1 atom stereocenters. The first-order valence-electron chi connectivity index (χ1n) is 10.8. The van der Waals surface area contributed by atoms with Crippen molar-refractivity contribution in [3.63, 3.8) is 0 Å². The minimum atomic E-state index is -0.864. The van der Waals surface area contributed by atoms with Gasteiger partial charge in [0.15, 0.2) is 5.75 Å². The van der Waals surface area contributed by atoms with E-state index in [0.717, 1.165) is 62.0 Å². The van der Waals surface area contributed by atoms with Crippen LogP contribution in [0.4, 0.5) is 5.82 Å². The Morgan fingerprint density at radius 2 is 1.97 bits per heavy atom. The Morgan fingerprint density at radius 1 is 1.16 bits per heavy atom.